The molecule has 0 bridgehead atoms. The van der Waals surface area contributed by atoms with Crippen molar-refractivity contribution in [3.63, 3.8) is 0 Å². The normalized spacial score (nSPS) is 15.1. The van der Waals surface area contributed by atoms with E-state index in [4.69, 9.17) is 0 Å². The zero-order valence-electron chi connectivity index (χ0n) is 19.1. The maximum atomic E-state index is 13.4. The summed E-state index contributed by atoms with van der Waals surface area (Å²) >= 11 is 0. The van der Waals surface area contributed by atoms with E-state index in [1.165, 1.54) is 22.8 Å². The predicted octanol–water partition coefficient (Wildman–Crippen LogP) is 0.558. The van der Waals surface area contributed by atoms with Gasteiger partial charge in [-0.15, -0.1) is 0 Å². The molecule has 1 aliphatic carbocycles. The van der Waals surface area contributed by atoms with Crippen molar-refractivity contribution in [2.45, 2.75) is 43.3 Å². The molecule has 0 aliphatic heterocycles. The Morgan fingerprint density at radius 1 is 1.06 bits per heavy atom. The van der Waals surface area contributed by atoms with Gasteiger partial charge in [0.05, 0.1) is 40.8 Å². The van der Waals surface area contributed by atoms with Crippen molar-refractivity contribution >= 4 is 20.9 Å². The van der Waals surface area contributed by atoms with Gasteiger partial charge in [-0.25, -0.2) is 17.9 Å². The fraction of sp³-hybridized carbons (Fsp3) is 0.364. The van der Waals surface area contributed by atoms with Gasteiger partial charge in [0, 0.05) is 37.6 Å². The molecule has 1 aliphatic rings. The lowest BCUT2D eigenvalue weighted by molar-refractivity contribution is 0.558. The number of aromatic nitrogens is 6. The number of rotatable bonds is 7. The number of sulfonamides is 1. The van der Waals surface area contributed by atoms with Gasteiger partial charge in [0.2, 0.25) is 10.0 Å². The van der Waals surface area contributed by atoms with Gasteiger partial charge < -0.3 is 0 Å². The molecule has 3 heterocycles. The Morgan fingerprint density at radius 2 is 1.82 bits per heavy atom. The summed E-state index contributed by atoms with van der Waals surface area (Å²) in [4.78, 5) is 26.9. The van der Waals surface area contributed by atoms with Gasteiger partial charge in [-0.1, -0.05) is 0 Å². The molecule has 1 aromatic carbocycles. The molecule has 3 aromatic heterocycles. The minimum atomic E-state index is -3.83. The number of hydrogen-bond acceptors (Lipinski definition) is 6. The second kappa shape index (κ2) is 7.77. The van der Waals surface area contributed by atoms with Crippen LogP contribution in [0.1, 0.15) is 31.0 Å². The van der Waals surface area contributed by atoms with Crippen LogP contribution in [-0.2, 0) is 37.2 Å². The third-order valence-corrected chi connectivity index (χ3v) is 7.71. The minimum Gasteiger partial charge on any atom is -0.287 e. The van der Waals surface area contributed by atoms with Crippen molar-refractivity contribution in [3.8, 4) is 0 Å². The second-order valence-corrected chi connectivity index (χ2v) is 10.8. The maximum absolute atomic E-state index is 13.4. The zero-order chi connectivity index (χ0) is 24.3. The monoisotopic (exact) mass is 483 g/mol. The SMILES string of the molecule is Cn1cc(Cn2c(=O)c3cc(S(=O)(=O)NC4(C)CC4)ccc3n(Cc3ccn(C)n3)c2=O)cn1. The lowest BCUT2D eigenvalue weighted by Crippen LogP contribution is -2.40. The van der Waals surface area contributed by atoms with Crippen LogP contribution in [0.15, 0.2) is 57.3 Å². The highest BCUT2D eigenvalue weighted by molar-refractivity contribution is 7.89. The molecule has 1 N–H and O–H groups in total. The van der Waals surface area contributed by atoms with Crippen molar-refractivity contribution in [2.75, 3.05) is 0 Å². The molecule has 0 amide bonds. The molecule has 0 spiro atoms. The van der Waals surface area contributed by atoms with Crippen LogP contribution < -0.4 is 16.0 Å². The van der Waals surface area contributed by atoms with E-state index in [0.29, 0.717) is 16.8 Å². The van der Waals surface area contributed by atoms with Gasteiger partial charge in [-0.05, 0) is 44.0 Å². The molecule has 34 heavy (non-hydrogen) atoms. The van der Waals surface area contributed by atoms with Crippen molar-refractivity contribution in [2.24, 2.45) is 14.1 Å². The fourth-order valence-electron chi connectivity index (χ4n) is 3.98. The van der Waals surface area contributed by atoms with Gasteiger partial charge in [0.25, 0.3) is 5.56 Å². The summed E-state index contributed by atoms with van der Waals surface area (Å²) in [5.74, 6) is 0. The second-order valence-electron chi connectivity index (χ2n) is 9.11. The molecular weight excluding hydrogens is 458 g/mol. The third-order valence-electron chi connectivity index (χ3n) is 6.08. The summed E-state index contributed by atoms with van der Waals surface area (Å²) in [5.41, 5.74) is 0.142. The van der Waals surface area contributed by atoms with Crippen molar-refractivity contribution in [3.05, 3.63) is 75.0 Å². The van der Waals surface area contributed by atoms with Crippen molar-refractivity contribution in [1.82, 2.24) is 33.4 Å². The average Bonchev–Trinajstić information content (AvgIpc) is 3.14. The van der Waals surface area contributed by atoms with Crippen molar-refractivity contribution in [1.29, 1.82) is 0 Å². The molecule has 4 aromatic rings. The number of nitrogens with zero attached hydrogens (tertiary/aromatic N) is 6. The Bertz CT molecular complexity index is 1640. The molecule has 12 heteroatoms. The first-order valence-electron chi connectivity index (χ1n) is 10.8. The molecule has 0 saturated heterocycles. The summed E-state index contributed by atoms with van der Waals surface area (Å²) < 4.78 is 34.4. The van der Waals surface area contributed by atoms with Crippen LogP contribution >= 0.6 is 0 Å². The molecule has 0 radical (unpaired) electrons. The van der Waals surface area contributed by atoms with Crippen LogP contribution in [0.25, 0.3) is 10.9 Å². The van der Waals surface area contributed by atoms with Crippen LogP contribution in [0.4, 0.5) is 0 Å². The first-order chi connectivity index (χ1) is 16.0. The first-order valence-corrected chi connectivity index (χ1v) is 12.3. The average molecular weight is 484 g/mol. The van der Waals surface area contributed by atoms with E-state index < -0.39 is 26.8 Å². The lowest BCUT2D eigenvalue weighted by atomic mass is 10.2. The summed E-state index contributed by atoms with van der Waals surface area (Å²) in [7, 11) is -0.303. The zero-order valence-corrected chi connectivity index (χ0v) is 19.9. The maximum Gasteiger partial charge on any atom is 0.332 e. The number of aryl methyl sites for hydroxylation is 2. The Labute approximate surface area is 195 Å². The number of benzene rings is 1. The Balaban J connectivity index is 1.69. The summed E-state index contributed by atoms with van der Waals surface area (Å²) in [6.45, 7) is 1.99. The van der Waals surface area contributed by atoms with Crippen LogP contribution in [0.5, 0.6) is 0 Å². The molecule has 0 atom stereocenters. The van der Waals surface area contributed by atoms with Gasteiger partial charge in [-0.3, -0.25) is 23.3 Å². The number of fused-ring (bicyclic) bond motifs is 1. The van der Waals surface area contributed by atoms with E-state index in [-0.39, 0.29) is 23.4 Å². The largest absolute Gasteiger partial charge is 0.332 e. The third kappa shape index (κ3) is 4.10. The predicted molar refractivity (Wildman–Crippen MR) is 125 cm³/mol. The molecule has 1 saturated carbocycles. The Kier molecular flexibility index (Phi) is 5.10. The van der Waals surface area contributed by atoms with Gasteiger partial charge in [0.1, 0.15) is 0 Å². The molecule has 0 unspecified atom stereocenters. The van der Waals surface area contributed by atoms with Gasteiger partial charge >= 0.3 is 5.69 Å². The van der Waals surface area contributed by atoms with Crippen LogP contribution in [-0.4, -0.2) is 42.7 Å². The van der Waals surface area contributed by atoms with Crippen molar-refractivity contribution < 1.29 is 8.42 Å². The quantitative estimate of drug-likeness (QED) is 0.409. The van der Waals surface area contributed by atoms with E-state index in [1.54, 1.807) is 48.1 Å². The Hall–Kier alpha value is -3.51. The standard InChI is InChI=1S/C22H25N7O4S/c1-22(7-8-22)25-34(32,33)17-4-5-19-18(10-17)20(30)29(13-15-11-23-27(3)12-15)21(31)28(19)14-16-6-9-26(2)24-16/h4-6,9-12,25H,7-8,13-14H2,1-3H3. The summed E-state index contributed by atoms with van der Waals surface area (Å²) in [5, 5.41) is 8.60. The molecule has 11 nitrogen and oxygen atoms in total. The van der Waals surface area contributed by atoms with Gasteiger partial charge in [0.15, 0.2) is 0 Å². The van der Waals surface area contributed by atoms with Crippen LogP contribution in [0.3, 0.4) is 0 Å². The number of hydrogen-bond donors (Lipinski definition) is 1. The van der Waals surface area contributed by atoms with Crippen LogP contribution in [0.2, 0.25) is 0 Å². The highest BCUT2D eigenvalue weighted by atomic mass is 32.2. The van der Waals surface area contributed by atoms with Crippen LogP contribution in [0, 0.1) is 0 Å². The lowest BCUT2D eigenvalue weighted by Gasteiger charge is -2.15. The molecule has 1 fully saturated rings. The van der Waals surface area contributed by atoms with Gasteiger partial charge in [-0.2, -0.15) is 10.2 Å². The highest BCUT2D eigenvalue weighted by Crippen LogP contribution is 2.36. The van der Waals surface area contributed by atoms with E-state index in [2.05, 4.69) is 14.9 Å². The molecular formula is C22H25N7O4S. The molecule has 178 valence electrons. The van der Waals surface area contributed by atoms with E-state index >= 15 is 0 Å². The fourth-order valence-corrected chi connectivity index (χ4v) is 5.47. The summed E-state index contributed by atoms with van der Waals surface area (Å²) in [6, 6.07) is 6.07. The van der Waals surface area contributed by atoms with E-state index in [9.17, 15) is 18.0 Å². The molecule has 5 rings (SSSR count). The Morgan fingerprint density at radius 3 is 2.44 bits per heavy atom. The topological polar surface area (TPSA) is 126 Å². The highest BCUT2D eigenvalue weighted by Gasteiger charge is 2.41. The number of nitrogens with one attached hydrogen (secondary N) is 1. The minimum absolute atomic E-state index is 0.0109. The van der Waals surface area contributed by atoms with E-state index in [0.717, 1.165) is 17.4 Å². The first kappa shape index (κ1) is 22.3. The van der Waals surface area contributed by atoms with E-state index in [1.807, 2.05) is 6.92 Å². The smallest absolute Gasteiger partial charge is 0.287 e. The summed E-state index contributed by atoms with van der Waals surface area (Å²) in [6.07, 6.45) is 6.60.